The molecule has 0 aliphatic rings. The van der Waals surface area contributed by atoms with Crippen LogP contribution in [0.3, 0.4) is 0 Å². The normalized spacial score (nSPS) is 7.80. The predicted molar refractivity (Wildman–Crippen MR) is 43.0 cm³/mol. The zero-order valence-corrected chi connectivity index (χ0v) is 6.68. The van der Waals surface area contributed by atoms with Gasteiger partial charge in [0.1, 0.15) is 0 Å². The summed E-state index contributed by atoms with van der Waals surface area (Å²) in [7, 11) is 0. The number of aromatic nitrogens is 2. The van der Waals surface area contributed by atoms with Crippen LogP contribution < -0.4 is 5.73 Å². The quantitative estimate of drug-likeness (QED) is 0.615. The van der Waals surface area contributed by atoms with Gasteiger partial charge in [-0.15, -0.1) is 23.2 Å². The van der Waals surface area contributed by atoms with Crippen molar-refractivity contribution < 1.29 is 0 Å². The molecule has 0 spiro atoms. The van der Waals surface area contributed by atoms with Crippen LogP contribution >= 0.6 is 23.2 Å². The van der Waals surface area contributed by atoms with Gasteiger partial charge in [-0.2, -0.15) is 0 Å². The molecule has 1 aromatic rings. The van der Waals surface area contributed by atoms with E-state index in [-0.39, 0.29) is 5.34 Å². The molecule has 56 valence electrons. The molecule has 0 unspecified atom stereocenters. The van der Waals surface area contributed by atoms with Gasteiger partial charge in [-0.25, -0.2) is 9.97 Å². The fourth-order valence-corrected chi connectivity index (χ4v) is 0.311. The fraction of sp³-hybridized carbons (Fsp3) is 0.200. The molecule has 1 rings (SSSR count). The van der Waals surface area contributed by atoms with Gasteiger partial charge in [-0.05, 0) is 6.07 Å². The highest BCUT2D eigenvalue weighted by molar-refractivity contribution is 6.40. The summed E-state index contributed by atoms with van der Waals surface area (Å²) in [6, 6.07) is 1.72. The van der Waals surface area contributed by atoms with E-state index in [0.717, 1.165) is 0 Å². The van der Waals surface area contributed by atoms with E-state index < -0.39 is 0 Å². The summed E-state index contributed by atoms with van der Waals surface area (Å²) in [6.07, 6.45) is 3.20. The van der Waals surface area contributed by atoms with Gasteiger partial charge in [0.15, 0.2) is 0 Å². The first-order valence-electron chi connectivity index (χ1n) is 2.45. The Morgan fingerprint density at radius 2 is 1.70 bits per heavy atom. The van der Waals surface area contributed by atoms with E-state index in [1.54, 1.807) is 18.5 Å². The van der Waals surface area contributed by atoms with E-state index in [0.29, 0.717) is 5.95 Å². The number of nitrogens with zero attached hydrogens (tertiary/aromatic N) is 2. The SMILES string of the molecule is ClCCl.Nc1ncccn1. The number of nitrogen functional groups attached to an aromatic ring is 1. The van der Waals surface area contributed by atoms with Crippen molar-refractivity contribution in [3.63, 3.8) is 0 Å². The molecule has 0 radical (unpaired) electrons. The van der Waals surface area contributed by atoms with Crippen LogP contribution in [0, 0.1) is 0 Å². The third kappa shape index (κ3) is 5.59. The molecule has 1 heterocycles. The molecule has 2 N–H and O–H groups in total. The van der Waals surface area contributed by atoms with Crippen LogP contribution in [-0.2, 0) is 0 Å². The minimum atomic E-state index is 0.194. The second kappa shape index (κ2) is 6.58. The third-order valence-corrected chi connectivity index (χ3v) is 0.586. The van der Waals surface area contributed by atoms with Crippen LogP contribution in [0.5, 0.6) is 0 Å². The van der Waals surface area contributed by atoms with Crippen molar-refractivity contribution in [3.8, 4) is 0 Å². The van der Waals surface area contributed by atoms with Crippen molar-refractivity contribution in [1.29, 1.82) is 0 Å². The lowest BCUT2D eigenvalue weighted by atomic mass is 10.7. The molecular weight excluding hydrogens is 173 g/mol. The van der Waals surface area contributed by atoms with Gasteiger partial charge in [0, 0.05) is 12.4 Å². The number of anilines is 1. The highest BCUT2D eigenvalue weighted by atomic mass is 35.5. The van der Waals surface area contributed by atoms with E-state index in [1.807, 2.05) is 0 Å². The first-order chi connectivity index (χ1) is 4.81. The standard InChI is InChI=1S/C4H5N3.CH2Cl2/c5-4-6-2-1-3-7-4;2-1-3/h1-3H,(H2,5,6,7);1H2. The predicted octanol–water partition coefficient (Wildman–Crippen LogP) is 1.48. The summed E-state index contributed by atoms with van der Waals surface area (Å²) in [4.78, 5) is 7.29. The average Bonchev–Trinajstić information content (AvgIpc) is 1.91. The van der Waals surface area contributed by atoms with Crippen molar-refractivity contribution in [1.82, 2.24) is 9.97 Å². The topological polar surface area (TPSA) is 51.8 Å². The number of nitrogens with two attached hydrogens (primary N) is 1. The smallest absolute Gasteiger partial charge is 0.219 e. The van der Waals surface area contributed by atoms with Gasteiger partial charge in [-0.1, -0.05) is 0 Å². The van der Waals surface area contributed by atoms with Gasteiger partial charge in [0.25, 0.3) is 0 Å². The summed E-state index contributed by atoms with van der Waals surface area (Å²) in [6.45, 7) is 0. The van der Waals surface area contributed by atoms with Crippen molar-refractivity contribution >= 4 is 29.2 Å². The van der Waals surface area contributed by atoms with Crippen LogP contribution in [0.4, 0.5) is 5.95 Å². The minimum absolute atomic E-state index is 0.194. The highest BCUT2D eigenvalue weighted by Crippen LogP contribution is 1.81. The Labute approximate surface area is 69.2 Å². The van der Waals surface area contributed by atoms with Gasteiger partial charge < -0.3 is 5.73 Å². The molecule has 0 aliphatic carbocycles. The summed E-state index contributed by atoms with van der Waals surface area (Å²) in [5.74, 6) is 0.322. The molecule has 10 heavy (non-hydrogen) atoms. The Bertz CT molecular complexity index is 156. The molecule has 0 aromatic carbocycles. The number of halogens is 2. The summed E-state index contributed by atoms with van der Waals surface area (Å²) in [5.41, 5.74) is 5.14. The van der Waals surface area contributed by atoms with Gasteiger partial charge in [0.05, 0.1) is 5.34 Å². The van der Waals surface area contributed by atoms with Gasteiger partial charge in [-0.3, -0.25) is 0 Å². The molecule has 0 amide bonds. The third-order valence-electron chi connectivity index (χ3n) is 0.586. The Morgan fingerprint density at radius 1 is 1.30 bits per heavy atom. The van der Waals surface area contributed by atoms with E-state index >= 15 is 0 Å². The van der Waals surface area contributed by atoms with Gasteiger partial charge >= 0.3 is 0 Å². The zero-order chi connectivity index (χ0) is 7.82. The zero-order valence-electron chi connectivity index (χ0n) is 5.17. The van der Waals surface area contributed by atoms with E-state index in [4.69, 9.17) is 28.9 Å². The molecule has 5 heteroatoms. The minimum Gasteiger partial charge on any atom is -0.368 e. The fourth-order valence-electron chi connectivity index (χ4n) is 0.311. The lowest BCUT2D eigenvalue weighted by molar-refractivity contribution is 1.19. The maximum atomic E-state index is 5.14. The summed E-state index contributed by atoms with van der Waals surface area (Å²) >= 11 is 9.53. The maximum absolute atomic E-state index is 5.14. The van der Waals surface area contributed by atoms with Crippen LogP contribution in [-0.4, -0.2) is 15.3 Å². The Balaban J connectivity index is 0.000000236. The van der Waals surface area contributed by atoms with Crippen LogP contribution in [0.25, 0.3) is 0 Å². The largest absolute Gasteiger partial charge is 0.368 e. The molecule has 0 atom stereocenters. The molecule has 0 saturated carbocycles. The molecular formula is C5H7Cl2N3. The molecule has 0 fully saturated rings. The van der Waals surface area contributed by atoms with Crippen LogP contribution in [0.2, 0.25) is 0 Å². The van der Waals surface area contributed by atoms with Crippen LogP contribution in [0.15, 0.2) is 18.5 Å². The van der Waals surface area contributed by atoms with Crippen molar-refractivity contribution in [3.05, 3.63) is 18.5 Å². The number of alkyl halides is 2. The summed E-state index contributed by atoms with van der Waals surface area (Å²) in [5, 5.41) is 0.194. The average molecular weight is 180 g/mol. The number of hydrogen-bond donors (Lipinski definition) is 1. The lowest BCUT2D eigenvalue weighted by Crippen LogP contribution is -1.90. The van der Waals surface area contributed by atoms with E-state index in [1.165, 1.54) is 0 Å². The first-order valence-corrected chi connectivity index (χ1v) is 3.52. The summed E-state index contributed by atoms with van der Waals surface area (Å²) < 4.78 is 0. The van der Waals surface area contributed by atoms with E-state index in [9.17, 15) is 0 Å². The second-order valence-electron chi connectivity index (χ2n) is 1.21. The first kappa shape index (κ1) is 9.46. The molecule has 0 aliphatic heterocycles. The maximum Gasteiger partial charge on any atom is 0.219 e. The van der Waals surface area contributed by atoms with Crippen molar-refractivity contribution in [2.45, 2.75) is 0 Å². The van der Waals surface area contributed by atoms with Crippen molar-refractivity contribution in [2.24, 2.45) is 0 Å². The molecule has 0 saturated heterocycles. The Morgan fingerprint density at radius 3 is 1.90 bits per heavy atom. The van der Waals surface area contributed by atoms with E-state index in [2.05, 4.69) is 9.97 Å². The Hall–Kier alpha value is -0.540. The Kier molecular flexibility index (Phi) is 6.22. The second-order valence-corrected chi connectivity index (χ2v) is 2.02. The van der Waals surface area contributed by atoms with Crippen LogP contribution in [0.1, 0.15) is 0 Å². The van der Waals surface area contributed by atoms with Crippen molar-refractivity contribution in [2.75, 3.05) is 11.1 Å². The number of hydrogen-bond acceptors (Lipinski definition) is 3. The van der Waals surface area contributed by atoms with Gasteiger partial charge in [0.2, 0.25) is 5.95 Å². The molecule has 1 aromatic heterocycles. The number of rotatable bonds is 0. The highest BCUT2D eigenvalue weighted by Gasteiger charge is 1.75. The molecule has 3 nitrogen and oxygen atoms in total. The lowest BCUT2D eigenvalue weighted by Gasteiger charge is -1.82. The molecule has 0 bridgehead atoms. The monoisotopic (exact) mass is 179 g/mol.